The van der Waals surface area contributed by atoms with Crippen molar-refractivity contribution in [1.29, 1.82) is 0 Å². The van der Waals surface area contributed by atoms with Gasteiger partial charge in [0.05, 0.1) is 6.04 Å². The van der Waals surface area contributed by atoms with Crippen LogP contribution in [0.25, 0.3) is 0 Å². The van der Waals surface area contributed by atoms with Gasteiger partial charge >= 0.3 is 0 Å². The van der Waals surface area contributed by atoms with Crippen LogP contribution in [0.1, 0.15) is 36.4 Å². The summed E-state index contributed by atoms with van der Waals surface area (Å²) in [6.07, 6.45) is 3.85. The SMILES string of the molecule is Cc1ccc(C2C(N)CCN2C2CC2)cc1Br. The van der Waals surface area contributed by atoms with Crippen LogP contribution in [0.2, 0.25) is 0 Å². The normalized spacial score (nSPS) is 29.8. The van der Waals surface area contributed by atoms with E-state index in [4.69, 9.17) is 5.73 Å². The number of hydrogen-bond acceptors (Lipinski definition) is 2. The second-order valence-corrected chi connectivity index (χ2v) is 6.23. The van der Waals surface area contributed by atoms with Crippen molar-refractivity contribution in [3.63, 3.8) is 0 Å². The molecule has 1 aromatic carbocycles. The Kier molecular flexibility index (Phi) is 3.01. The van der Waals surface area contributed by atoms with Crippen molar-refractivity contribution in [2.45, 2.75) is 44.3 Å². The Morgan fingerprint density at radius 2 is 2.06 bits per heavy atom. The number of nitrogens with two attached hydrogens (primary N) is 1. The number of nitrogens with zero attached hydrogens (tertiary/aromatic N) is 1. The maximum Gasteiger partial charge on any atom is 0.0503 e. The molecule has 1 saturated carbocycles. The molecule has 0 amide bonds. The Morgan fingerprint density at radius 1 is 1.29 bits per heavy atom. The molecule has 2 aliphatic rings. The maximum atomic E-state index is 6.30. The van der Waals surface area contributed by atoms with Gasteiger partial charge in [0.15, 0.2) is 0 Å². The molecule has 2 N–H and O–H groups in total. The van der Waals surface area contributed by atoms with Crippen molar-refractivity contribution >= 4 is 15.9 Å². The van der Waals surface area contributed by atoms with Gasteiger partial charge in [-0.1, -0.05) is 28.1 Å². The fourth-order valence-electron chi connectivity index (χ4n) is 2.89. The van der Waals surface area contributed by atoms with Crippen LogP contribution >= 0.6 is 15.9 Å². The van der Waals surface area contributed by atoms with E-state index in [9.17, 15) is 0 Å². The Labute approximate surface area is 111 Å². The number of rotatable bonds is 2. The molecular formula is C14H19BrN2. The van der Waals surface area contributed by atoms with Crippen molar-refractivity contribution in [3.05, 3.63) is 33.8 Å². The van der Waals surface area contributed by atoms with Gasteiger partial charge in [-0.3, -0.25) is 4.90 Å². The highest BCUT2D eigenvalue weighted by Gasteiger charge is 2.41. The highest BCUT2D eigenvalue weighted by molar-refractivity contribution is 9.10. The third-order valence-corrected chi connectivity index (χ3v) is 4.89. The van der Waals surface area contributed by atoms with Gasteiger partial charge < -0.3 is 5.73 Å². The number of benzene rings is 1. The standard InChI is InChI=1S/C14H19BrN2/c1-9-2-3-10(8-12(9)15)14-13(16)6-7-17(14)11-4-5-11/h2-3,8,11,13-14H,4-7,16H2,1H3. The summed E-state index contributed by atoms with van der Waals surface area (Å²) < 4.78 is 1.20. The molecule has 1 aliphatic carbocycles. The second kappa shape index (κ2) is 4.38. The Morgan fingerprint density at radius 3 is 2.71 bits per heavy atom. The fraction of sp³-hybridized carbons (Fsp3) is 0.571. The van der Waals surface area contributed by atoms with Crippen molar-refractivity contribution in [3.8, 4) is 0 Å². The largest absolute Gasteiger partial charge is 0.326 e. The minimum Gasteiger partial charge on any atom is -0.326 e. The summed E-state index contributed by atoms with van der Waals surface area (Å²) in [4.78, 5) is 2.61. The average molecular weight is 295 g/mol. The van der Waals surface area contributed by atoms with E-state index in [1.165, 1.54) is 35.0 Å². The fourth-order valence-corrected chi connectivity index (χ4v) is 3.29. The Bertz CT molecular complexity index is 428. The number of hydrogen-bond donors (Lipinski definition) is 1. The molecule has 1 aliphatic heterocycles. The van der Waals surface area contributed by atoms with Gasteiger partial charge in [-0.05, 0) is 43.4 Å². The van der Waals surface area contributed by atoms with Crippen molar-refractivity contribution < 1.29 is 0 Å². The van der Waals surface area contributed by atoms with E-state index in [1.807, 2.05) is 0 Å². The third kappa shape index (κ3) is 2.16. The lowest BCUT2D eigenvalue weighted by atomic mass is 9.99. The molecule has 2 fully saturated rings. The molecule has 0 radical (unpaired) electrons. The van der Waals surface area contributed by atoms with Crippen LogP contribution in [0.4, 0.5) is 0 Å². The summed E-state index contributed by atoms with van der Waals surface area (Å²) in [5, 5.41) is 0. The highest BCUT2D eigenvalue weighted by atomic mass is 79.9. The first-order valence-corrected chi connectivity index (χ1v) is 7.23. The lowest BCUT2D eigenvalue weighted by molar-refractivity contribution is 0.237. The van der Waals surface area contributed by atoms with Crippen LogP contribution in [0.15, 0.2) is 22.7 Å². The van der Waals surface area contributed by atoms with E-state index in [1.54, 1.807) is 0 Å². The molecule has 3 heteroatoms. The number of halogens is 1. The summed E-state index contributed by atoms with van der Waals surface area (Å²) >= 11 is 3.63. The van der Waals surface area contributed by atoms with Gasteiger partial charge in [0.1, 0.15) is 0 Å². The van der Waals surface area contributed by atoms with Crippen LogP contribution in [-0.2, 0) is 0 Å². The van der Waals surface area contributed by atoms with Gasteiger partial charge in [-0.25, -0.2) is 0 Å². The minimum atomic E-state index is 0.296. The second-order valence-electron chi connectivity index (χ2n) is 5.37. The summed E-state index contributed by atoms with van der Waals surface area (Å²) in [5.74, 6) is 0. The molecule has 1 heterocycles. The average Bonchev–Trinajstić information content (AvgIpc) is 3.07. The van der Waals surface area contributed by atoms with Gasteiger partial charge in [-0.15, -0.1) is 0 Å². The molecule has 0 aromatic heterocycles. The molecule has 0 spiro atoms. The first kappa shape index (κ1) is 11.7. The zero-order chi connectivity index (χ0) is 12.0. The van der Waals surface area contributed by atoms with E-state index in [0.29, 0.717) is 12.1 Å². The number of likely N-dealkylation sites (tertiary alicyclic amines) is 1. The monoisotopic (exact) mass is 294 g/mol. The van der Waals surface area contributed by atoms with Gasteiger partial charge in [0.25, 0.3) is 0 Å². The van der Waals surface area contributed by atoms with E-state index in [-0.39, 0.29) is 0 Å². The van der Waals surface area contributed by atoms with Crippen LogP contribution in [0.3, 0.4) is 0 Å². The molecule has 2 atom stereocenters. The quantitative estimate of drug-likeness (QED) is 0.909. The summed E-state index contributed by atoms with van der Waals surface area (Å²) in [6.45, 7) is 3.29. The highest BCUT2D eigenvalue weighted by Crippen LogP contribution is 2.40. The molecule has 2 unspecified atom stereocenters. The van der Waals surface area contributed by atoms with Crippen molar-refractivity contribution in [1.82, 2.24) is 4.90 Å². The first-order chi connectivity index (χ1) is 8.16. The molecule has 0 bridgehead atoms. The smallest absolute Gasteiger partial charge is 0.0503 e. The summed E-state index contributed by atoms with van der Waals surface area (Å²) in [6, 6.07) is 8.21. The molecule has 92 valence electrons. The van der Waals surface area contributed by atoms with Crippen molar-refractivity contribution in [2.75, 3.05) is 6.54 Å². The lowest BCUT2D eigenvalue weighted by Gasteiger charge is -2.27. The molecule has 2 nitrogen and oxygen atoms in total. The predicted molar refractivity (Wildman–Crippen MR) is 73.9 cm³/mol. The van der Waals surface area contributed by atoms with Crippen LogP contribution in [0, 0.1) is 6.92 Å². The van der Waals surface area contributed by atoms with E-state index < -0.39 is 0 Å². The van der Waals surface area contributed by atoms with E-state index >= 15 is 0 Å². The Hall–Kier alpha value is -0.380. The van der Waals surface area contributed by atoms with Gasteiger partial charge in [0.2, 0.25) is 0 Å². The topological polar surface area (TPSA) is 29.3 Å². The van der Waals surface area contributed by atoms with Gasteiger partial charge in [0, 0.05) is 23.1 Å². The first-order valence-electron chi connectivity index (χ1n) is 6.44. The van der Waals surface area contributed by atoms with Crippen LogP contribution in [-0.4, -0.2) is 23.5 Å². The van der Waals surface area contributed by atoms with Crippen LogP contribution < -0.4 is 5.73 Å². The minimum absolute atomic E-state index is 0.296. The van der Waals surface area contributed by atoms with Crippen molar-refractivity contribution in [2.24, 2.45) is 5.73 Å². The Balaban J connectivity index is 1.91. The zero-order valence-electron chi connectivity index (χ0n) is 10.2. The predicted octanol–water partition coefficient (Wildman–Crippen LogP) is 2.99. The summed E-state index contributed by atoms with van der Waals surface area (Å²) in [7, 11) is 0. The van der Waals surface area contributed by atoms with E-state index in [0.717, 1.165) is 12.5 Å². The maximum absolute atomic E-state index is 6.30. The lowest BCUT2D eigenvalue weighted by Crippen LogP contribution is -2.33. The van der Waals surface area contributed by atoms with Crippen LogP contribution in [0.5, 0.6) is 0 Å². The molecule has 1 saturated heterocycles. The molecule has 17 heavy (non-hydrogen) atoms. The molecule has 1 aromatic rings. The summed E-state index contributed by atoms with van der Waals surface area (Å²) in [5.41, 5.74) is 8.96. The van der Waals surface area contributed by atoms with E-state index in [2.05, 4.69) is 46.0 Å². The molecule has 3 rings (SSSR count). The third-order valence-electron chi connectivity index (χ3n) is 4.04. The molecular weight excluding hydrogens is 276 g/mol. The zero-order valence-corrected chi connectivity index (χ0v) is 11.8. The van der Waals surface area contributed by atoms with Gasteiger partial charge in [-0.2, -0.15) is 0 Å². The number of aryl methyl sites for hydroxylation is 1.